The maximum Gasteiger partial charge on any atom is 0.285 e. The summed E-state index contributed by atoms with van der Waals surface area (Å²) in [6.45, 7) is 3.12. The number of rotatable bonds is 2. The van der Waals surface area contributed by atoms with Crippen LogP contribution in [0.15, 0.2) is 17.1 Å². The monoisotopic (exact) mass is 369 g/mol. The van der Waals surface area contributed by atoms with Crippen LogP contribution in [0.25, 0.3) is 5.65 Å². The minimum atomic E-state index is -0.782. The number of H-pyrrole nitrogens is 1. The fourth-order valence-corrected chi connectivity index (χ4v) is 4.78. The summed E-state index contributed by atoms with van der Waals surface area (Å²) in [4.78, 5) is 47.3. The molecule has 1 N–H and O–H groups in total. The van der Waals surface area contributed by atoms with Crippen molar-refractivity contribution in [1.82, 2.24) is 24.4 Å². The molecule has 2 aromatic rings. The van der Waals surface area contributed by atoms with Gasteiger partial charge in [-0.25, -0.2) is 9.50 Å². The number of carbonyl (C=O) groups is 2. The number of nitrogens with one attached hydrogen (secondary N) is 1. The topological polar surface area (TPSA) is 90.8 Å². The second-order valence-corrected chi connectivity index (χ2v) is 8.03. The van der Waals surface area contributed by atoms with Gasteiger partial charge in [-0.05, 0) is 45.4 Å². The summed E-state index contributed by atoms with van der Waals surface area (Å²) in [5.74, 6) is -0.301. The number of nitrogens with zero attached hydrogens (tertiary/aromatic N) is 4. The summed E-state index contributed by atoms with van der Waals surface area (Å²) in [6, 6.07) is 2.10. The van der Waals surface area contributed by atoms with Crippen molar-refractivity contribution < 1.29 is 9.59 Å². The third-order valence-corrected chi connectivity index (χ3v) is 6.22. The van der Waals surface area contributed by atoms with Crippen molar-refractivity contribution in [3.05, 3.63) is 33.9 Å². The smallest absolute Gasteiger partial charge is 0.285 e. The molecule has 27 heavy (non-hydrogen) atoms. The minimum absolute atomic E-state index is 0.0203. The van der Waals surface area contributed by atoms with E-state index in [-0.39, 0.29) is 17.4 Å². The summed E-state index contributed by atoms with van der Waals surface area (Å²) >= 11 is 0. The van der Waals surface area contributed by atoms with E-state index >= 15 is 0 Å². The Morgan fingerprint density at radius 1 is 1.22 bits per heavy atom. The van der Waals surface area contributed by atoms with Gasteiger partial charge in [0.05, 0.1) is 0 Å². The molecule has 142 valence electrons. The summed E-state index contributed by atoms with van der Waals surface area (Å²) in [6.07, 6.45) is 6.52. The molecule has 2 saturated heterocycles. The van der Waals surface area contributed by atoms with Crippen molar-refractivity contribution >= 4 is 17.5 Å². The molecule has 8 heteroatoms. The molecule has 3 fully saturated rings. The number of aromatic amines is 1. The van der Waals surface area contributed by atoms with E-state index in [1.165, 1.54) is 10.7 Å². The summed E-state index contributed by atoms with van der Waals surface area (Å²) in [5.41, 5.74) is 0.105. The maximum atomic E-state index is 13.3. The molecule has 3 aliphatic rings. The zero-order valence-corrected chi connectivity index (χ0v) is 15.4. The fraction of sp³-hybridized carbons (Fsp3) is 0.579. The lowest BCUT2D eigenvalue weighted by Gasteiger charge is -2.44. The lowest BCUT2D eigenvalue weighted by molar-refractivity contribution is -0.146. The van der Waals surface area contributed by atoms with Crippen molar-refractivity contribution in [2.24, 2.45) is 0 Å². The molecular weight excluding hydrogens is 346 g/mol. The number of amides is 2. The lowest BCUT2D eigenvalue weighted by atomic mass is 9.85. The number of fused-ring (bicyclic) bond motifs is 1. The first kappa shape index (κ1) is 16.5. The highest BCUT2D eigenvalue weighted by atomic mass is 16.2. The van der Waals surface area contributed by atoms with E-state index in [0.29, 0.717) is 31.1 Å². The molecule has 1 spiro atoms. The Hall–Kier alpha value is -2.64. The maximum absolute atomic E-state index is 13.3. The summed E-state index contributed by atoms with van der Waals surface area (Å²) < 4.78 is 1.30. The van der Waals surface area contributed by atoms with Gasteiger partial charge in [-0.1, -0.05) is 0 Å². The molecule has 0 radical (unpaired) electrons. The average Bonchev–Trinajstić information content (AvgIpc) is 3.28. The molecule has 5 rings (SSSR count). The summed E-state index contributed by atoms with van der Waals surface area (Å²) in [7, 11) is 0. The van der Waals surface area contributed by atoms with Gasteiger partial charge in [-0.3, -0.25) is 19.5 Å². The molecule has 0 bridgehead atoms. The fourth-order valence-electron chi connectivity index (χ4n) is 4.78. The first-order chi connectivity index (χ1) is 13.0. The molecule has 8 nitrogen and oxygen atoms in total. The second kappa shape index (κ2) is 5.68. The van der Waals surface area contributed by atoms with Crippen molar-refractivity contribution in [2.75, 3.05) is 13.1 Å². The van der Waals surface area contributed by atoms with Gasteiger partial charge in [0.1, 0.15) is 11.1 Å². The molecule has 0 aromatic carbocycles. The Morgan fingerprint density at radius 2 is 1.96 bits per heavy atom. The van der Waals surface area contributed by atoms with Crippen LogP contribution in [-0.4, -0.2) is 60.9 Å². The quantitative estimate of drug-likeness (QED) is 0.858. The van der Waals surface area contributed by atoms with Gasteiger partial charge in [0.25, 0.3) is 11.5 Å². The molecule has 4 heterocycles. The van der Waals surface area contributed by atoms with Crippen molar-refractivity contribution in [3.63, 3.8) is 0 Å². The van der Waals surface area contributed by atoms with Gasteiger partial charge < -0.3 is 9.80 Å². The van der Waals surface area contributed by atoms with Crippen LogP contribution in [0.3, 0.4) is 0 Å². The van der Waals surface area contributed by atoms with Gasteiger partial charge in [0, 0.05) is 37.1 Å². The third kappa shape index (κ3) is 2.35. The first-order valence-electron chi connectivity index (χ1n) is 9.72. The molecule has 1 atom stereocenters. The SMILES string of the molecule is Cc1cc2ncc(C(=O)N3CCCC34CCCN(C3CC3)C4=O)c(=O)n2[nH]1. The zero-order valence-electron chi connectivity index (χ0n) is 15.4. The van der Waals surface area contributed by atoms with Crippen LogP contribution in [0.5, 0.6) is 0 Å². The molecule has 1 unspecified atom stereocenters. The van der Waals surface area contributed by atoms with Crippen molar-refractivity contribution in [1.29, 1.82) is 0 Å². The first-order valence-corrected chi connectivity index (χ1v) is 9.72. The molecular formula is C19H23N5O3. The number of hydrogen-bond donors (Lipinski definition) is 1. The van der Waals surface area contributed by atoms with E-state index in [9.17, 15) is 14.4 Å². The Labute approximate surface area is 156 Å². The highest BCUT2D eigenvalue weighted by Gasteiger charge is 2.55. The highest BCUT2D eigenvalue weighted by molar-refractivity contribution is 6.00. The number of likely N-dealkylation sites (tertiary alicyclic amines) is 2. The Morgan fingerprint density at radius 3 is 2.70 bits per heavy atom. The number of hydrogen-bond acceptors (Lipinski definition) is 4. The number of piperidine rings is 1. The molecule has 2 amide bonds. The van der Waals surface area contributed by atoms with Gasteiger partial charge in [-0.15, -0.1) is 0 Å². The normalized spacial score (nSPS) is 25.7. The van der Waals surface area contributed by atoms with Crippen LogP contribution in [0.4, 0.5) is 0 Å². The minimum Gasteiger partial charge on any atom is -0.338 e. The van der Waals surface area contributed by atoms with Gasteiger partial charge in [-0.2, -0.15) is 0 Å². The predicted octanol–water partition coefficient (Wildman–Crippen LogP) is 1.09. The number of carbonyl (C=O) groups excluding carboxylic acids is 2. The van der Waals surface area contributed by atoms with Crippen molar-refractivity contribution in [2.45, 2.75) is 57.0 Å². The van der Waals surface area contributed by atoms with E-state index in [1.807, 2.05) is 11.8 Å². The number of aromatic nitrogens is 3. The zero-order chi connectivity index (χ0) is 18.8. The van der Waals surface area contributed by atoms with E-state index in [0.717, 1.165) is 37.9 Å². The Kier molecular flexibility index (Phi) is 3.47. The number of aryl methyl sites for hydroxylation is 1. The van der Waals surface area contributed by atoms with Crippen LogP contribution < -0.4 is 5.56 Å². The van der Waals surface area contributed by atoms with Crippen molar-refractivity contribution in [3.8, 4) is 0 Å². The van der Waals surface area contributed by atoms with E-state index in [1.54, 1.807) is 11.0 Å². The molecule has 2 aromatic heterocycles. The third-order valence-electron chi connectivity index (χ3n) is 6.22. The molecule has 1 saturated carbocycles. The Bertz CT molecular complexity index is 1000. The average molecular weight is 369 g/mol. The summed E-state index contributed by atoms with van der Waals surface area (Å²) in [5, 5.41) is 2.92. The van der Waals surface area contributed by atoms with E-state index in [2.05, 4.69) is 10.1 Å². The van der Waals surface area contributed by atoms with E-state index in [4.69, 9.17) is 0 Å². The van der Waals surface area contributed by atoms with Crippen LogP contribution in [0.2, 0.25) is 0 Å². The van der Waals surface area contributed by atoms with Gasteiger partial charge in [0.2, 0.25) is 5.91 Å². The molecule has 1 aliphatic carbocycles. The highest BCUT2D eigenvalue weighted by Crippen LogP contribution is 2.42. The van der Waals surface area contributed by atoms with Crippen LogP contribution >= 0.6 is 0 Å². The Balaban J connectivity index is 1.53. The van der Waals surface area contributed by atoms with Crippen LogP contribution in [-0.2, 0) is 4.79 Å². The standard InChI is InChI=1S/C19H23N5O3/c1-12-10-15-20-11-14(17(26)24(15)21-12)16(25)23-9-3-7-19(23)6-2-8-22(18(19)27)13-4-5-13/h10-11,13,21H,2-9H2,1H3. The largest absolute Gasteiger partial charge is 0.338 e. The van der Waals surface area contributed by atoms with Crippen LogP contribution in [0.1, 0.15) is 54.6 Å². The second-order valence-electron chi connectivity index (χ2n) is 8.03. The van der Waals surface area contributed by atoms with Crippen LogP contribution in [0, 0.1) is 6.92 Å². The lowest BCUT2D eigenvalue weighted by Crippen LogP contribution is -2.62. The van der Waals surface area contributed by atoms with Gasteiger partial charge in [0.15, 0.2) is 5.65 Å². The predicted molar refractivity (Wildman–Crippen MR) is 97.5 cm³/mol. The van der Waals surface area contributed by atoms with E-state index < -0.39 is 11.1 Å². The molecule has 2 aliphatic heterocycles. The van der Waals surface area contributed by atoms with Gasteiger partial charge >= 0.3 is 0 Å².